The molecule has 0 spiro atoms. The number of hydrogen-bond donors (Lipinski definition) is 0. The standard InChI is InChI=1S/C22H29NO2/c1-13(23-4)17-7-8-18-16-6-5-14-11-15(24)9-10-21(14,2)20(16)19(25)12-22(17,18)3/h14,16,18,20H,5-12H2,1-3H3/b17-13-/t14-,16-,18-,20+,21-,22+/m0/s1. The molecule has 0 N–H and O–H groups in total. The monoisotopic (exact) mass is 339 g/mol. The van der Waals surface area contributed by atoms with Gasteiger partial charge in [-0.15, -0.1) is 0 Å². The highest BCUT2D eigenvalue weighted by Gasteiger charge is 2.62. The van der Waals surface area contributed by atoms with Gasteiger partial charge in [0.25, 0.3) is 0 Å². The average molecular weight is 339 g/mol. The predicted molar refractivity (Wildman–Crippen MR) is 96.4 cm³/mol. The summed E-state index contributed by atoms with van der Waals surface area (Å²) < 4.78 is 0. The highest BCUT2D eigenvalue weighted by molar-refractivity contribution is 5.86. The number of allylic oxidation sites excluding steroid dienone is 2. The van der Waals surface area contributed by atoms with E-state index in [1.165, 1.54) is 5.57 Å². The summed E-state index contributed by atoms with van der Waals surface area (Å²) in [5, 5.41) is 0. The van der Waals surface area contributed by atoms with Gasteiger partial charge in [0, 0.05) is 25.2 Å². The van der Waals surface area contributed by atoms with Crippen molar-refractivity contribution in [1.29, 1.82) is 0 Å². The molecule has 25 heavy (non-hydrogen) atoms. The van der Waals surface area contributed by atoms with Crippen LogP contribution < -0.4 is 0 Å². The third-order valence-corrected chi connectivity index (χ3v) is 8.56. The molecule has 0 radical (unpaired) electrons. The van der Waals surface area contributed by atoms with E-state index < -0.39 is 0 Å². The van der Waals surface area contributed by atoms with Crippen LogP contribution in [0.2, 0.25) is 0 Å². The summed E-state index contributed by atoms with van der Waals surface area (Å²) in [5.74, 6) is 2.36. The Labute approximate surface area is 151 Å². The average Bonchev–Trinajstić information content (AvgIpc) is 2.91. The Hall–Kier alpha value is -1.43. The first-order valence-corrected chi connectivity index (χ1v) is 9.93. The number of ketones is 2. The Morgan fingerprint density at radius 3 is 2.64 bits per heavy atom. The number of rotatable bonds is 0. The maximum Gasteiger partial charge on any atom is 0.162 e. The second-order valence-electron chi connectivity index (χ2n) is 9.55. The van der Waals surface area contributed by atoms with Crippen molar-refractivity contribution in [3.05, 3.63) is 22.7 Å². The predicted octanol–water partition coefficient (Wildman–Crippen LogP) is 4.97. The second kappa shape index (κ2) is 5.53. The molecular formula is C22H29NO2. The molecule has 0 saturated heterocycles. The molecule has 0 amide bonds. The van der Waals surface area contributed by atoms with Gasteiger partial charge in [-0.3, -0.25) is 9.59 Å². The summed E-state index contributed by atoms with van der Waals surface area (Å²) in [6, 6.07) is 0. The molecule has 0 aliphatic heterocycles. The molecule has 0 unspecified atom stereocenters. The molecule has 4 aliphatic carbocycles. The molecule has 6 atom stereocenters. The van der Waals surface area contributed by atoms with Crippen LogP contribution in [0, 0.1) is 41.1 Å². The Balaban J connectivity index is 1.73. The van der Waals surface area contributed by atoms with Gasteiger partial charge in [0.2, 0.25) is 0 Å². The minimum atomic E-state index is -0.0967. The fourth-order valence-electron chi connectivity index (χ4n) is 7.34. The van der Waals surface area contributed by atoms with Crippen LogP contribution in [0.15, 0.2) is 11.3 Å². The van der Waals surface area contributed by atoms with E-state index in [1.807, 2.05) is 6.92 Å². The van der Waals surface area contributed by atoms with Crippen molar-refractivity contribution in [2.24, 2.45) is 34.5 Å². The SMILES string of the molecule is [C-]#[N+]/C(C)=C1/CC[C@H]2[C@@H]3CC[C@H]4CC(=O)CC[C@]4(C)[C@H]3C(=O)C[C@]12C. The van der Waals surface area contributed by atoms with E-state index >= 15 is 0 Å². The van der Waals surface area contributed by atoms with Crippen molar-refractivity contribution in [1.82, 2.24) is 0 Å². The van der Waals surface area contributed by atoms with Gasteiger partial charge in [0.1, 0.15) is 11.6 Å². The van der Waals surface area contributed by atoms with Crippen molar-refractivity contribution >= 4 is 11.6 Å². The molecule has 4 fully saturated rings. The molecule has 0 bridgehead atoms. The van der Waals surface area contributed by atoms with Gasteiger partial charge in [-0.2, -0.15) is 0 Å². The molecule has 0 aromatic heterocycles. The van der Waals surface area contributed by atoms with E-state index in [-0.39, 0.29) is 16.7 Å². The van der Waals surface area contributed by atoms with Gasteiger partial charge in [0.15, 0.2) is 5.70 Å². The van der Waals surface area contributed by atoms with Crippen LogP contribution in [0.25, 0.3) is 4.85 Å². The highest BCUT2D eigenvalue weighted by Crippen LogP contribution is 2.66. The number of carbonyl (C=O) groups is 2. The van der Waals surface area contributed by atoms with Crippen LogP contribution in [0.4, 0.5) is 0 Å². The van der Waals surface area contributed by atoms with E-state index in [0.29, 0.717) is 48.6 Å². The van der Waals surface area contributed by atoms with Gasteiger partial charge in [-0.25, -0.2) is 4.85 Å². The molecule has 0 aromatic rings. The van der Waals surface area contributed by atoms with Crippen LogP contribution in [0.5, 0.6) is 0 Å². The van der Waals surface area contributed by atoms with Crippen LogP contribution >= 0.6 is 0 Å². The normalized spacial score (nSPS) is 48.2. The second-order valence-corrected chi connectivity index (χ2v) is 9.55. The van der Waals surface area contributed by atoms with E-state index in [2.05, 4.69) is 18.7 Å². The van der Waals surface area contributed by atoms with Crippen LogP contribution in [0.1, 0.15) is 72.1 Å². The van der Waals surface area contributed by atoms with Gasteiger partial charge in [-0.05, 0) is 67.6 Å². The zero-order valence-corrected chi connectivity index (χ0v) is 15.7. The zero-order valence-electron chi connectivity index (χ0n) is 15.7. The molecular weight excluding hydrogens is 310 g/mol. The minimum absolute atomic E-state index is 0.0244. The number of nitrogens with zero attached hydrogens (tertiary/aromatic N) is 1. The van der Waals surface area contributed by atoms with E-state index in [4.69, 9.17) is 6.57 Å². The van der Waals surface area contributed by atoms with Gasteiger partial charge in [0.05, 0.1) is 6.57 Å². The molecule has 4 aliphatic rings. The lowest BCUT2D eigenvalue weighted by Gasteiger charge is -2.58. The highest BCUT2D eigenvalue weighted by atomic mass is 16.1. The minimum Gasteiger partial charge on any atom is -0.300 e. The summed E-state index contributed by atoms with van der Waals surface area (Å²) in [5.41, 5.74) is 2.00. The Kier molecular flexibility index (Phi) is 3.76. The molecule has 0 aromatic carbocycles. The molecule has 4 rings (SSSR count). The Morgan fingerprint density at radius 1 is 1.16 bits per heavy atom. The summed E-state index contributed by atoms with van der Waals surface area (Å²) >= 11 is 0. The maximum atomic E-state index is 13.4. The first kappa shape index (κ1) is 17.0. The maximum absolute atomic E-state index is 13.4. The number of hydrogen-bond acceptors (Lipinski definition) is 2. The molecule has 3 nitrogen and oxygen atoms in total. The largest absolute Gasteiger partial charge is 0.300 e. The molecule has 3 heteroatoms. The summed E-state index contributed by atoms with van der Waals surface area (Å²) in [4.78, 5) is 29.1. The van der Waals surface area contributed by atoms with Gasteiger partial charge in [-0.1, -0.05) is 19.4 Å². The smallest absolute Gasteiger partial charge is 0.162 e. The summed E-state index contributed by atoms with van der Waals surface area (Å²) in [6.07, 6.45) is 7.17. The fourth-order valence-corrected chi connectivity index (χ4v) is 7.34. The lowest BCUT2D eigenvalue weighted by Crippen LogP contribution is -2.56. The third-order valence-electron chi connectivity index (χ3n) is 8.56. The lowest BCUT2D eigenvalue weighted by molar-refractivity contribution is -0.156. The van der Waals surface area contributed by atoms with Crippen molar-refractivity contribution in [2.75, 3.05) is 0 Å². The van der Waals surface area contributed by atoms with E-state index in [9.17, 15) is 9.59 Å². The molecule has 0 heterocycles. The van der Waals surface area contributed by atoms with Crippen LogP contribution in [-0.4, -0.2) is 11.6 Å². The molecule has 4 saturated carbocycles. The van der Waals surface area contributed by atoms with Crippen molar-refractivity contribution in [3.8, 4) is 0 Å². The fraction of sp³-hybridized carbons (Fsp3) is 0.773. The first-order chi connectivity index (χ1) is 11.8. The number of Topliss-reactive ketones (excluding diaryl/α,β-unsaturated/α-hetero) is 2. The zero-order chi connectivity index (χ0) is 18.0. The quantitative estimate of drug-likeness (QED) is 0.584. The van der Waals surface area contributed by atoms with Gasteiger partial charge >= 0.3 is 0 Å². The van der Waals surface area contributed by atoms with Crippen LogP contribution in [-0.2, 0) is 9.59 Å². The topological polar surface area (TPSA) is 38.5 Å². The van der Waals surface area contributed by atoms with Crippen molar-refractivity contribution in [2.45, 2.75) is 72.1 Å². The van der Waals surface area contributed by atoms with Gasteiger partial charge < -0.3 is 0 Å². The lowest BCUT2D eigenvalue weighted by atomic mass is 9.44. The Morgan fingerprint density at radius 2 is 1.92 bits per heavy atom. The van der Waals surface area contributed by atoms with Crippen molar-refractivity contribution < 1.29 is 9.59 Å². The third kappa shape index (κ3) is 2.22. The van der Waals surface area contributed by atoms with Crippen molar-refractivity contribution in [3.63, 3.8) is 0 Å². The number of carbonyl (C=O) groups excluding carboxylic acids is 2. The van der Waals surface area contributed by atoms with E-state index in [0.717, 1.165) is 37.8 Å². The summed E-state index contributed by atoms with van der Waals surface area (Å²) in [7, 11) is 0. The van der Waals surface area contributed by atoms with Crippen LogP contribution in [0.3, 0.4) is 0 Å². The van der Waals surface area contributed by atoms with E-state index in [1.54, 1.807) is 0 Å². The summed E-state index contributed by atoms with van der Waals surface area (Å²) in [6.45, 7) is 13.9. The number of fused-ring (bicyclic) bond motifs is 5. The first-order valence-electron chi connectivity index (χ1n) is 9.93. The Bertz CT molecular complexity index is 714. The molecule has 134 valence electrons.